The molecule has 132 valence electrons. The van der Waals surface area contributed by atoms with Crippen molar-refractivity contribution in [2.45, 2.75) is 38.3 Å². The summed E-state index contributed by atoms with van der Waals surface area (Å²) in [4.78, 5) is 18.7. The SMILES string of the molecule is CC[C@H]1CN2C(=O)C[C@H]1C[C@@H]2[C@@H](O)c1ccnc2ccc(OC)cc12. The predicted molar refractivity (Wildman–Crippen MR) is 95.3 cm³/mol. The number of amides is 1. The number of benzene rings is 1. The van der Waals surface area contributed by atoms with Gasteiger partial charge in [0.1, 0.15) is 11.9 Å². The normalized spacial score (nSPS) is 26.9. The van der Waals surface area contributed by atoms with Gasteiger partial charge >= 0.3 is 0 Å². The lowest BCUT2D eigenvalue weighted by atomic mass is 9.72. The van der Waals surface area contributed by atoms with Crippen molar-refractivity contribution < 1.29 is 14.6 Å². The van der Waals surface area contributed by atoms with E-state index in [2.05, 4.69) is 11.9 Å². The molecule has 3 saturated heterocycles. The smallest absolute Gasteiger partial charge is 0.223 e. The van der Waals surface area contributed by atoms with Gasteiger partial charge < -0.3 is 14.7 Å². The van der Waals surface area contributed by atoms with Crippen molar-refractivity contribution in [3.05, 3.63) is 36.0 Å². The standard InChI is InChI=1S/C20H24N2O3/c1-3-12-11-22-18(8-13(12)9-19(22)23)20(24)15-6-7-21-17-5-4-14(25-2)10-16(15)17/h4-7,10,12-13,18,20,24H,3,8-9,11H2,1-2H3/t12-,13+,18+,20-/m0/s1. The van der Waals surface area contributed by atoms with E-state index in [0.717, 1.165) is 41.6 Å². The Labute approximate surface area is 147 Å². The molecule has 5 nitrogen and oxygen atoms in total. The number of nitrogens with zero attached hydrogens (tertiary/aromatic N) is 2. The number of hydrogen-bond acceptors (Lipinski definition) is 4. The monoisotopic (exact) mass is 340 g/mol. The molecule has 2 bridgehead atoms. The van der Waals surface area contributed by atoms with Crippen LogP contribution in [0.1, 0.15) is 37.9 Å². The highest BCUT2D eigenvalue weighted by atomic mass is 16.5. The number of rotatable bonds is 4. The number of pyridine rings is 1. The number of aliphatic hydroxyl groups is 1. The van der Waals surface area contributed by atoms with Crippen molar-refractivity contribution >= 4 is 16.8 Å². The fourth-order valence-corrected chi connectivity index (χ4v) is 4.55. The second-order valence-corrected chi connectivity index (χ2v) is 7.21. The fourth-order valence-electron chi connectivity index (χ4n) is 4.55. The number of piperidine rings is 3. The van der Waals surface area contributed by atoms with Gasteiger partial charge in [-0.1, -0.05) is 13.3 Å². The third kappa shape index (κ3) is 2.67. The first-order valence-corrected chi connectivity index (χ1v) is 9.02. The molecule has 1 aromatic carbocycles. The summed E-state index contributed by atoms with van der Waals surface area (Å²) in [6.07, 6.45) is 3.61. The second kappa shape index (κ2) is 6.30. The molecule has 3 aliphatic rings. The minimum Gasteiger partial charge on any atom is -0.497 e. The van der Waals surface area contributed by atoms with Gasteiger partial charge in [-0.2, -0.15) is 0 Å². The molecule has 3 aliphatic heterocycles. The summed E-state index contributed by atoms with van der Waals surface area (Å²) in [6.45, 7) is 2.96. The third-order valence-corrected chi connectivity index (χ3v) is 5.99. The van der Waals surface area contributed by atoms with Crippen LogP contribution in [0.3, 0.4) is 0 Å². The Balaban J connectivity index is 1.71. The van der Waals surface area contributed by atoms with Crippen LogP contribution in [0.5, 0.6) is 5.75 Å². The molecule has 3 fully saturated rings. The third-order valence-electron chi connectivity index (χ3n) is 5.99. The lowest BCUT2D eigenvalue weighted by molar-refractivity contribution is -0.153. The second-order valence-electron chi connectivity index (χ2n) is 7.21. The zero-order chi connectivity index (χ0) is 17.6. The molecule has 0 aliphatic carbocycles. The van der Waals surface area contributed by atoms with Crippen LogP contribution in [0, 0.1) is 11.8 Å². The Morgan fingerprint density at radius 2 is 2.24 bits per heavy atom. The van der Waals surface area contributed by atoms with E-state index >= 15 is 0 Å². The largest absolute Gasteiger partial charge is 0.497 e. The van der Waals surface area contributed by atoms with E-state index in [1.54, 1.807) is 13.3 Å². The van der Waals surface area contributed by atoms with E-state index in [9.17, 15) is 9.90 Å². The maximum Gasteiger partial charge on any atom is 0.223 e. The molecule has 1 aromatic heterocycles. The Bertz CT molecular complexity index is 807. The predicted octanol–water partition coefficient (Wildman–Crippen LogP) is 2.92. The molecule has 4 heterocycles. The van der Waals surface area contributed by atoms with Crippen molar-refractivity contribution in [2.24, 2.45) is 11.8 Å². The summed E-state index contributed by atoms with van der Waals surface area (Å²) < 4.78 is 5.32. The first-order valence-electron chi connectivity index (χ1n) is 9.02. The molecular weight excluding hydrogens is 316 g/mol. The van der Waals surface area contributed by atoms with Gasteiger partial charge in [-0.3, -0.25) is 9.78 Å². The van der Waals surface area contributed by atoms with Crippen LogP contribution in [-0.4, -0.2) is 40.6 Å². The summed E-state index contributed by atoms with van der Waals surface area (Å²) >= 11 is 0. The Morgan fingerprint density at radius 1 is 1.40 bits per heavy atom. The van der Waals surface area contributed by atoms with E-state index in [-0.39, 0.29) is 11.9 Å². The average Bonchev–Trinajstić information content (AvgIpc) is 2.66. The van der Waals surface area contributed by atoms with Gasteiger partial charge in [0.15, 0.2) is 0 Å². The molecule has 0 saturated carbocycles. The Morgan fingerprint density at radius 3 is 2.96 bits per heavy atom. The molecule has 0 spiro atoms. The number of fused-ring (bicyclic) bond motifs is 4. The minimum absolute atomic E-state index is 0.147. The zero-order valence-corrected chi connectivity index (χ0v) is 14.7. The van der Waals surface area contributed by atoms with E-state index < -0.39 is 6.10 Å². The van der Waals surface area contributed by atoms with Crippen LogP contribution in [0.2, 0.25) is 0 Å². The van der Waals surface area contributed by atoms with Crippen LogP contribution in [0.15, 0.2) is 30.5 Å². The molecular formula is C20H24N2O3. The number of aliphatic hydroxyl groups excluding tert-OH is 1. The fraction of sp³-hybridized carbons (Fsp3) is 0.500. The van der Waals surface area contributed by atoms with Gasteiger partial charge in [0.2, 0.25) is 5.91 Å². The first kappa shape index (κ1) is 16.3. The molecule has 5 rings (SSSR count). The Kier molecular flexibility index (Phi) is 4.12. The summed E-state index contributed by atoms with van der Waals surface area (Å²) in [6, 6.07) is 7.39. The summed E-state index contributed by atoms with van der Waals surface area (Å²) in [5.41, 5.74) is 1.65. The van der Waals surface area contributed by atoms with Gasteiger partial charge in [0.05, 0.1) is 18.7 Å². The summed E-state index contributed by atoms with van der Waals surface area (Å²) in [5.74, 6) is 1.88. The molecule has 1 N–H and O–H groups in total. The van der Waals surface area contributed by atoms with Crippen LogP contribution in [0.4, 0.5) is 0 Å². The van der Waals surface area contributed by atoms with E-state index in [1.807, 2.05) is 29.2 Å². The van der Waals surface area contributed by atoms with E-state index in [4.69, 9.17) is 4.74 Å². The van der Waals surface area contributed by atoms with Gasteiger partial charge in [-0.05, 0) is 48.1 Å². The summed E-state index contributed by atoms with van der Waals surface area (Å²) in [7, 11) is 1.63. The van der Waals surface area contributed by atoms with Gasteiger partial charge in [0, 0.05) is 24.5 Å². The van der Waals surface area contributed by atoms with E-state index in [0.29, 0.717) is 18.3 Å². The van der Waals surface area contributed by atoms with Crippen LogP contribution >= 0.6 is 0 Å². The molecule has 5 heteroatoms. The highest BCUT2D eigenvalue weighted by molar-refractivity contribution is 5.84. The minimum atomic E-state index is -0.706. The molecule has 0 unspecified atom stereocenters. The summed E-state index contributed by atoms with van der Waals surface area (Å²) in [5, 5.41) is 12.0. The number of hydrogen-bond donors (Lipinski definition) is 1. The van der Waals surface area contributed by atoms with Gasteiger partial charge in [-0.25, -0.2) is 0 Å². The number of ether oxygens (including phenoxy) is 1. The molecule has 4 atom stereocenters. The highest BCUT2D eigenvalue weighted by Crippen LogP contribution is 2.43. The Hall–Kier alpha value is -2.14. The maximum absolute atomic E-state index is 12.4. The van der Waals surface area contributed by atoms with Crippen molar-refractivity contribution in [2.75, 3.05) is 13.7 Å². The number of methoxy groups -OCH3 is 1. The first-order chi connectivity index (χ1) is 12.1. The van der Waals surface area contributed by atoms with Crippen LogP contribution in [-0.2, 0) is 4.79 Å². The van der Waals surface area contributed by atoms with Crippen LogP contribution in [0.25, 0.3) is 10.9 Å². The van der Waals surface area contributed by atoms with Crippen LogP contribution < -0.4 is 4.74 Å². The molecule has 0 radical (unpaired) electrons. The zero-order valence-electron chi connectivity index (χ0n) is 14.7. The quantitative estimate of drug-likeness (QED) is 0.929. The molecule has 25 heavy (non-hydrogen) atoms. The molecule has 1 amide bonds. The van der Waals surface area contributed by atoms with Gasteiger partial charge in [0.25, 0.3) is 0 Å². The lowest BCUT2D eigenvalue weighted by Gasteiger charge is -2.50. The van der Waals surface area contributed by atoms with Crippen molar-refractivity contribution in [1.82, 2.24) is 9.88 Å². The molecule has 2 aromatic rings. The van der Waals surface area contributed by atoms with Crippen molar-refractivity contribution in [3.8, 4) is 5.75 Å². The van der Waals surface area contributed by atoms with Crippen molar-refractivity contribution in [1.29, 1.82) is 0 Å². The topological polar surface area (TPSA) is 62.7 Å². The number of carbonyl (C=O) groups is 1. The van der Waals surface area contributed by atoms with Crippen molar-refractivity contribution in [3.63, 3.8) is 0 Å². The number of aromatic nitrogens is 1. The highest BCUT2D eigenvalue weighted by Gasteiger charge is 2.46. The average molecular weight is 340 g/mol. The lowest BCUT2D eigenvalue weighted by Crippen LogP contribution is -2.58. The van der Waals surface area contributed by atoms with Gasteiger partial charge in [-0.15, -0.1) is 0 Å². The number of carbonyl (C=O) groups excluding carboxylic acids is 1. The maximum atomic E-state index is 12.4. The van der Waals surface area contributed by atoms with E-state index in [1.165, 1.54) is 0 Å².